The summed E-state index contributed by atoms with van der Waals surface area (Å²) in [6, 6.07) is 25.7. The van der Waals surface area contributed by atoms with Gasteiger partial charge in [-0.25, -0.2) is 0 Å². The summed E-state index contributed by atoms with van der Waals surface area (Å²) in [5.41, 5.74) is 10.3. The van der Waals surface area contributed by atoms with Gasteiger partial charge in [-0.1, -0.05) is 289 Å². The van der Waals surface area contributed by atoms with Crippen LogP contribution in [0.3, 0.4) is 0 Å². The first kappa shape index (κ1) is 64.8. The normalized spacial score (nSPS) is 15.4. The third kappa shape index (κ3) is 17.7. The van der Waals surface area contributed by atoms with Crippen LogP contribution in [0.4, 0.5) is 0 Å². The Bertz CT molecular complexity index is 2510. The van der Waals surface area contributed by atoms with E-state index in [-0.39, 0.29) is 17.2 Å². The van der Waals surface area contributed by atoms with Crippen molar-refractivity contribution in [2.45, 2.75) is 291 Å². The highest BCUT2D eigenvalue weighted by Gasteiger charge is 2.50. The Hall–Kier alpha value is -3.74. The molecular weight excluding hydrogens is 1020 g/mol. The van der Waals surface area contributed by atoms with E-state index in [1.54, 1.807) is 16.9 Å². The van der Waals surface area contributed by atoms with Crippen molar-refractivity contribution in [2.75, 3.05) is 13.1 Å². The van der Waals surface area contributed by atoms with Crippen molar-refractivity contribution in [1.82, 2.24) is 9.80 Å². The third-order valence-corrected chi connectivity index (χ3v) is 21.0. The van der Waals surface area contributed by atoms with E-state index in [2.05, 4.69) is 123 Å². The average molecular weight is 1140 g/mol. The summed E-state index contributed by atoms with van der Waals surface area (Å²) in [6.07, 6.45) is 47.7. The van der Waals surface area contributed by atoms with Gasteiger partial charge in [0.25, 0.3) is 11.8 Å². The number of hydrogen-bond donors (Lipinski definition) is 0. The van der Waals surface area contributed by atoms with Gasteiger partial charge < -0.3 is 9.80 Å². The van der Waals surface area contributed by atoms with Crippen molar-refractivity contribution in [3.8, 4) is 21.6 Å². The molecule has 4 nitrogen and oxygen atoms in total. The van der Waals surface area contributed by atoms with Crippen LogP contribution < -0.4 is 0 Å². The van der Waals surface area contributed by atoms with Crippen LogP contribution in [0.25, 0.3) is 33.0 Å². The molecule has 2 aromatic heterocycles. The molecule has 3 aliphatic rings. The van der Waals surface area contributed by atoms with E-state index in [4.69, 9.17) is 0 Å². The Balaban J connectivity index is 1.29. The Kier molecular flexibility index (Phi) is 28.4. The number of unbranched alkanes of at least 4 members (excludes halogenated alkanes) is 26. The molecule has 1 aliphatic carbocycles. The highest BCUT2D eigenvalue weighted by molar-refractivity contribution is 7.16. The second-order valence-electron chi connectivity index (χ2n) is 25.4. The molecule has 2 unspecified atom stereocenters. The van der Waals surface area contributed by atoms with Gasteiger partial charge in [-0.2, -0.15) is 0 Å². The maximum Gasteiger partial charge on any atom is 0.261 e. The molecular formula is C75H112N2O2S2. The maximum absolute atomic E-state index is 15.9. The first-order valence-corrected chi connectivity index (χ1v) is 36.1. The summed E-state index contributed by atoms with van der Waals surface area (Å²) in [7, 11) is 0. The Morgan fingerprint density at radius 3 is 1.27 bits per heavy atom. The number of rotatable bonds is 45. The molecule has 7 rings (SSSR count). The van der Waals surface area contributed by atoms with E-state index in [0.717, 1.165) is 46.8 Å². The predicted octanol–water partition coefficient (Wildman–Crippen LogP) is 23.7. The first-order valence-electron chi connectivity index (χ1n) is 34.4. The molecule has 81 heavy (non-hydrogen) atoms. The molecule has 6 heteroatoms. The van der Waals surface area contributed by atoms with Crippen LogP contribution in [0.2, 0.25) is 0 Å². The topological polar surface area (TPSA) is 40.6 Å². The molecule has 446 valence electrons. The predicted molar refractivity (Wildman–Crippen MR) is 354 cm³/mol. The Labute approximate surface area is 503 Å². The van der Waals surface area contributed by atoms with Gasteiger partial charge in [0.1, 0.15) is 0 Å². The molecule has 0 saturated carbocycles. The van der Waals surface area contributed by atoms with Crippen LogP contribution in [0.15, 0.2) is 83.3 Å². The number of carbonyl (C=O) groups is 2. The average Bonchev–Trinajstić information content (AvgIpc) is 4.29. The van der Waals surface area contributed by atoms with Crippen molar-refractivity contribution >= 4 is 45.9 Å². The van der Waals surface area contributed by atoms with Crippen LogP contribution >= 0.6 is 22.7 Å². The lowest BCUT2D eigenvalue weighted by Gasteiger charge is -2.33. The van der Waals surface area contributed by atoms with E-state index in [9.17, 15) is 0 Å². The molecule has 0 spiro atoms. The number of fused-ring (bicyclic) bond motifs is 4. The summed E-state index contributed by atoms with van der Waals surface area (Å²) in [4.78, 5) is 39.4. The minimum atomic E-state index is -0.000515. The standard InChI is InChI=1S/C75H112N2O2S2/c1-7-13-19-25-29-35-44-59(42-33-23-17-11-5)57-76-71(67-48-41-55-80-67)69-70(74(76)79)72(77(73(69)78)58-60(43-34-24-18-12-6)45-36-30-26-20-14-8-2)68-52-51-66(81-68)61-49-50-63-62-46-37-38-47-64(62)75(65(63)56-61,53-39-31-27-21-15-9-3)54-40-32-28-22-16-10-4/h37-38,41,46-52,55-56,59-60H,7-36,39-40,42-45,53-54,57-58H2,1-6H3. The lowest BCUT2D eigenvalue weighted by molar-refractivity contribution is -0.124. The van der Waals surface area contributed by atoms with Gasteiger partial charge in [-0.3, -0.25) is 9.59 Å². The number of benzene rings is 2. The van der Waals surface area contributed by atoms with Crippen molar-refractivity contribution in [3.05, 3.63) is 104 Å². The molecule has 2 aliphatic heterocycles. The number of nitrogens with zero attached hydrogens (tertiary/aromatic N) is 2. The molecule has 0 N–H and O–H groups in total. The minimum absolute atomic E-state index is 0.000515. The van der Waals surface area contributed by atoms with Gasteiger partial charge in [0.2, 0.25) is 0 Å². The van der Waals surface area contributed by atoms with E-state index in [0.29, 0.717) is 36.1 Å². The molecule has 0 saturated heterocycles. The molecule has 2 atom stereocenters. The monoisotopic (exact) mass is 1140 g/mol. The van der Waals surface area contributed by atoms with E-state index in [1.165, 1.54) is 245 Å². The second-order valence-corrected chi connectivity index (χ2v) is 27.4. The van der Waals surface area contributed by atoms with Gasteiger partial charge in [-0.05, 0) is 108 Å². The van der Waals surface area contributed by atoms with Crippen molar-refractivity contribution in [3.63, 3.8) is 0 Å². The van der Waals surface area contributed by atoms with Gasteiger partial charge in [-0.15, -0.1) is 22.7 Å². The number of thiophene rings is 2. The Morgan fingerprint density at radius 1 is 0.395 bits per heavy atom. The fourth-order valence-corrected chi connectivity index (χ4v) is 16.1. The molecule has 2 amide bonds. The van der Waals surface area contributed by atoms with Crippen LogP contribution in [0.5, 0.6) is 0 Å². The zero-order chi connectivity index (χ0) is 57.1. The zero-order valence-corrected chi connectivity index (χ0v) is 54.0. The summed E-state index contributed by atoms with van der Waals surface area (Å²) in [6.45, 7) is 15.2. The van der Waals surface area contributed by atoms with Crippen molar-refractivity contribution in [1.29, 1.82) is 0 Å². The van der Waals surface area contributed by atoms with Crippen LogP contribution in [0, 0.1) is 11.8 Å². The van der Waals surface area contributed by atoms with Gasteiger partial charge in [0, 0.05) is 23.4 Å². The fraction of sp³-hybridized carbons (Fsp3) is 0.653. The molecule has 0 fully saturated rings. The van der Waals surface area contributed by atoms with Crippen LogP contribution in [0.1, 0.15) is 306 Å². The van der Waals surface area contributed by atoms with Crippen LogP contribution in [-0.2, 0) is 15.0 Å². The summed E-state index contributed by atoms with van der Waals surface area (Å²) < 4.78 is 0. The first-order chi connectivity index (χ1) is 39.8. The molecule has 4 aromatic rings. The Morgan fingerprint density at radius 2 is 0.802 bits per heavy atom. The highest BCUT2D eigenvalue weighted by Crippen LogP contribution is 2.56. The van der Waals surface area contributed by atoms with Gasteiger partial charge >= 0.3 is 0 Å². The molecule has 0 radical (unpaired) electrons. The molecule has 2 aromatic carbocycles. The largest absolute Gasteiger partial charge is 0.306 e. The van der Waals surface area contributed by atoms with Crippen molar-refractivity contribution < 1.29 is 9.59 Å². The van der Waals surface area contributed by atoms with Gasteiger partial charge in [0.05, 0.1) is 32.3 Å². The molecule has 0 bridgehead atoms. The third-order valence-electron chi connectivity index (χ3n) is 19.0. The molecule has 4 heterocycles. The van der Waals surface area contributed by atoms with Crippen molar-refractivity contribution in [2.24, 2.45) is 11.8 Å². The summed E-state index contributed by atoms with van der Waals surface area (Å²) in [5.74, 6) is 0.892. The minimum Gasteiger partial charge on any atom is -0.306 e. The number of hydrogen-bond acceptors (Lipinski definition) is 4. The SMILES string of the molecule is CCCCCCCCC(CCCCCC)CN1C(=O)C2=C(c3ccc(-c4ccc5c(c4)C(CCCCCCCC)(CCCCCCCC)c4ccccc4-5)s3)N(CC(CCCCCC)CCCCCCCC)C(=O)C2=C1c1cccs1. The number of carbonyl (C=O) groups excluding carboxylic acids is 2. The van der Waals surface area contributed by atoms with E-state index >= 15 is 9.59 Å². The summed E-state index contributed by atoms with van der Waals surface area (Å²) in [5, 5.41) is 2.13. The summed E-state index contributed by atoms with van der Waals surface area (Å²) >= 11 is 3.50. The lowest BCUT2D eigenvalue weighted by Crippen LogP contribution is -2.34. The van der Waals surface area contributed by atoms with Crippen LogP contribution in [-0.4, -0.2) is 34.7 Å². The quantitative estimate of drug-likeness (QED) is 0.0414. The maximum atomic E-state index is 15.9. The highest BCUT2D eigenvalue weighted by atomic mass is 32.1. The van der Waals surface area contributed by atoms with Gasteiger partial charge in [0.15, 0.2) is 0 Å². The zero-order valence-electron chi connectivity index (χ0n) is 52.4. The smallest absolute Gasteiger partial charge is 0.261 e. The lowest BCUT2D eigenvalue weighted by atomic mass is 9.70. The fourth-order valence-electron chi connectivity index (χ4n) is 14.3. The van der Waals surface area contributed by atoms with E-state index < -0.39 is 0 Å². The van der Waals surface area contributed by atoms with E-state index in [1.807, 2.05) is 11.3 Å². The number of amides is 2. The second kappa shape index (κ2) is 35.5.